The average molecular weight is 238 g/mol. The normalized spacial score (nSPS) is 16.7. The van der Waals surface area contributed by atoms with Crippen molar-refractivity contribution >= 4 is 11.8 Å². The lowest BCUT2D eigenvalue weighted by Crippen LogP contribution is -2.32. The van der Waals surface area contributed by atoms with E-state index in [9.17, 15) is 4.39 Å². The van der Waals surface area contributed by atoms with Gasteiger partial charge in [0.15, 0.2) is 11.6 Å². The number of nitrogens with zero attached hydrogens (tertiary/aromatic N) is 3. The fourth-order valence-corrected chi connectivity index (χ4v) is 1.94. The molecule has 2 rings (SSSR count). The largest absolute Gasteiger partial charge is 0.354 e. The first kappa shape index (κ1) is 12.1. The predicted molar refractivity (Wildman–Crippen MR) is 66.7 cm³/mol. The van der Waals surface area contributed by atoms with Crippen LogP contribution in [0.4, 0.5) is 16.2 Å². The Kier molecular flexibility index (Phi) is 3.45. The summed E-state index contributed by atoms with van der Waals surface area (Å²) in [6, 6.07) is 0.328. The average Bonchev–Trinajstić information content (AvgIpc) is 3.14. The number of nitrogens with one attached hydrogen (secondary N) is 1. The molecule has 1 aliphatic rings. The molecular formula is C12H19FN4. The van der Waals surface area contributed by atoms with Crippen LogP contribution in [0.2, 0.25) is 0 Å². The molecule has 1 aromatic rings. The zero-order valence-electron chi connectivity index (χ0n) is 10.6. The topological polar surface area (TPSA) is 41.1 Å². The van der Waals surface area contributed by atoms with E-state index in [-0.39, 0.29) is 5.82 Å². The maximum absolute atomic E-state index is 13.7. The lowest BCUT2D eigenvalue weighted by atomic mass is 10.2. The maximum Gasteiger partial charge on any atom is 0.224 e. The minimum Gasteiger partial charge on any atom is -0.354 e. The van der Waals surface area contributed by atoms with Gasteiger partial charge in [0.25, 0.3) is 0 Å². The second-order valence-corrected chi connectivity index (χ2v) is 4.58. The minimum atomic E-state index is -0.360. The Hall–Kier alpha value is -1.39. The summed E-state index contributed by atoms with van der Waals surface area (Å²) in [5.74, 6) is 1.19. The molecule has 1 aromatic heterocycles. The summed E-state index contributed by atoms with van der Waals surface area (Å²) >= 11 is 0. The van der Waals surface area contributed by atoms with E-state index in [1.165, 1.54) is 19.0 Å². The van der Waals surface area contributed by atoms with Crippen molar-refractivity contribution in [1.29, 1.82) is 0 Å². The van der Waals surface area contributed by atoms with E-state index in [4.69, 9.17) is 0 Å². The highest BCUT2D eigenvalue weighted by Crippen LogP contribution is 2.36. The Bertz CT molecular complexity index is 392. The van der Waals surface area contributed by atoms with Gasteiger partial charge < -0.3 is 10.2 Å². The number of hydrogen-bond acceptors (Lipinski definition) is 4. The van der Waals surface area contributed by atoms with E-state index in [0.29, 0.717) is 23.7 Å². The Morgan fingerprint density at radius 2 is 2.29 bits per heavy atom. The van der Waals surface area contributed by atoms with E-state index in [1.807, 2.05) is 18.9 Å². The lowest BCUT2D eigenvalue weighted by molar-refractivity contribution is 0.564. The number of aromatic nitrogens is 2. The maximum atomic E-state index is 13.7. The molecule has 1 heterocycles. The van der Waals surface area contributed by atoms with Gasteiger partial charge in [0.05, 0.1) is 6.20 Å². The summed E-state index contributed by atoms with van der Waals surface area (Å²) in [7, 11) is 1.89. The quantitative estimate of drug-likeness (QED) is 0.854. The minimum absolute atomic E-state index is 0.328. The number of anilines is 2. The highest BCUT2D eigenvalue weighted by Gasteiger charge is 2.32. The van der Waals surface area contributed by atoms with Crippen molar-refractivity contribution in [2.75, 3.05) is 23.8 Å². The molecule has 0 spiro atoms. The van der Waals surface area contributed by atoms with Gasteiger partial charge in [-0.25, -0.2) is 9.37 Å². The van der Waals surface area contributed by atoms with Gasteiger partial charge in [0, 0.05) is 19.6 Å². The van der Waals surface area contributed by atoms with Crippen molar-refractivity contribution in [3.63, 3.8) is 0 Å². The van der Waals surface area contributed by atoms with Crippen LogP contribution >= 0.6 is 0 Å². The third kappa shape index (κ3) is 2.65. The fourth-order valence-electron chi connectivity index (χ4n) is 1.94. The summed E-state index contributed by atoms with van der Waals surface area (Å²) in [4.78, 5) is 10.0. The number of hydrogen-bond donors (Lipinski definition) is 1. The molecule has 0 bridgehead atoms. The van der Waals surface area contributed by atoms with Crippen LogP contribution in [0, 0.1) is 11.7 Å². The van der Waals surface area contributed by atoms with Crippen LogP contribution in [0.25, 0.3) is 0 Å². The first-order valence-electron chi connectivity index (χ1n) is 6.12. The first-order valence-corrected chi connectivity index (χ1v) is 6.12. The Morgan fingerprint density at radius 1 is 1.59 bits per heavy atom. The second kappa shape index (κ2) is 4.85. The van der Waals surface area contributed by atoms with Gasteiger partial charge in [-0.2, -0.15) is 4.98 Å². The third-order valence-electron chi connectivity index (χ3n) is 3.31. The molecular weight excluding hydrogens is 219 g/mol. The SMILES string of the molecule is CCNc1ncc(F)c(N(C)C(C)C2CC2)n1. The summed E-state index contributed by atoms with van der Waals surface area (Å²) in [6.07, 6.45) is 3.70. The molecule has 0 radical (unpaired) electrons. The van der Waals surface area contributed by atoms with E-state index >= 15 is 0 Å². The molecule has 0 saturated heterocycles. The predicted octanol–water partition coefficient (Wildman–Crippen LogP) is 2.28. The molecule has 94 valence electrons. The molecule has 0 aromatic carbocycles. The van der Waals surface area contributed by atoms with Crippen LogP contribution < -0.4 is 10.2 Å². The summed E-state index contributed by atoms with van der Waals surface area (Å²) in [5, 5.41) is 3.00. The molecule has 1 atom stereocenters. The van der Waals surface area contributed by atoms with E-state index < -0.39 is 0 Å². The first-order chi connectivity index (χ1) is 8.13. The van der Waals surface area contributed by atoms with Crippen molar-refractivity contribution in [3.8, 4) is 0 Å². The van der Waals surface area contributed by atoms with Crippen LogP contribution in [0.15, 0.2) is 6.20 Å². The fraction of sp³-hybridized carbons (Fsp3) is 0.667. The van der Waals surface area contributed by atoms with Gasteiger partial charge in [-0.15, -0.1) is 0 Å². The monoisotopic (exact) mass is 238 g/mol. The van der Waals surface area contributed by atoms with Gasteiger partial charge in [0.1, 0.15) is 0 Å². The molecule has 1 unspecified atom stereocenters. The van der Waals surface area contributed by atoms with Crippen molar-refractivity contribution < 1.29 is 4.39 Å². The summed E-state index contributed by atoms with van der Waals surface area (Å²) < 4.78 is 13.7. The molecule has 0 amide bonds. The summed E-state index contributed by atoms with van der Waals surface area (Å²) in [6.45, 7) is 4.81. The molecule has 5 heteroatoms. The van der Waals surface area contributed by atoms with E-state index in [0.717, 1.165) is 6.54 Å². The highest BCUT2D eigenvalue weighted by molar-refractivity contribution is 5.44. The van der Waals surface area contributed by atoms with Crippen molar-refractivity contribution in [2.24, 2.45) is 5.92 Å². The van der Waals surface area contributed by atoms with Crippen LogP contribution in [-0.4, -0.2) is 29.6 Å². The molecule has 17 heavy (non-hydrogen) atoms. The number of rotatable bonds is 5. The van der Waals surface area contributed by atoms with Crippen LogP contribution in [0.5, 0.6) is 0 Å². The van der Waals surface area contributed by atoms with Gasteiger partial charge in [-0.05, 0) is 32.6 Å². The molecule has 4 nitrogen and oxygen atoms in total. The molecule has 1 N–H and O–H groups in total. The van der Waals surface area contributed by atoms with Gasteiger partial charge in [-0.1, -0.05) is 0 Å². The number of halogens is 1. The van der Waals surface area contributed by atoms with E-state index in [2.05, 4.69) is 22.2 Å². The van der Waals surface area contributed by atoms with Gasteiger partial charge in [-0.3, -0.25) is 0 Å². The van der Waals surface area contributed by atoms with Crippen molar-refractivity contribution in [3.05, 3.63) is 12.0 Å². The lowest BCUT2D eigenvalue weighted by Gasteiger charge is -2.26. The van der Waals surface area contributed by atoms with Crippen molar-refractivity contribution in [2.45, 2.75) is 32.7 Å². The van der Waals surface area contributed by atoms with Gasteiger partial charge in [0.2, 0.25) is 5.95 Å². The molecule has 1 saturated carbocycles. The Morgan fingerprint density at radius 3 is 2.88 bits per heavy atom. The van der Waals surface area contributed by atoms with Crippen LogP contribution in [-0.2, 0) is 0 Å². The zero-order valence-corrected chi connectivity index (χ0v) is 10.6. The summed E-state index contributed by atoms with van der Waals surface area (Å²) in [5.41, 5.74) is 0. The highest BCUT2D eigenvalue weighted by atomic mass is 19.1. The van der Waals surface area contributed by atoms with Crippen LogP contribution in [0.1, 0.15) is 26.7 Å². The zero-order chi connectivity index (χ0) is 12.4. The van der Waals surface area contributed by atoms with Gasteiger partial charge >= 0.3 is 0 Å². The molecule has 1 fully saturated rings. The van der Waals surface area contributed by atoms with E-state index in [1.54, 1.807) is 0 Å². The van der Waals surface area contributed by atoms with Crippen LogP contribution in [0.3, 0.4) is 0 Å². The second-order valence-electron chi connectivity index (χ2n) is 4.58. The smallest absolute Gasteiger partial charge is 0.224 e. The third-order valence-corrected chi connectivity index (χ3v) is 3.31. The molecule has 0 aliphatic heterocycles. The molecule has 1 aliphatic carbocycles. The van der Waals surface area contributed by atoms with Crippen molar-refractivity contribution in [1.82, 2.24) is 9.97 Å². The Labute approximate surface area is 101 Å². The standard InChI is InChI=1S/C12H19FN4/c1-4-14-12-15-7-10(13)11(16-12)17(3)8(2)9-5-6-9/h7-9H,4-6H2,1-3H3,(H,14,15,16). The Balaban J connectivity index is 2.19.